The Labute approximate surface area is 156 Å². The minimum Gasteiger partial charge on any atom is -0.492 e. The van der Waals surface area contributed by atoms with Crippen LogP contribution in [0.25, 0.3) is 5.52 Å². The van der Waals surface area contributed by atoms with Crippen LogP contribution in [0.1, 0.15) is 40.9 Å². The summed E-state index contributed by atoms with van der Waals surface area (Å²) >= 11 is 0. The molecule has 2 N–H and O–H groups in total. The molecule has 4 rings (SSSR count). The first kappa shape index (κ1) is 17.1. The highest BCUT2D eigenvalue weighted by Gasteiger charge is 2.27. The summed E-state index contributed by atoms with van der Waals surface area (Å²) in [6, 6.07) is 12.8. The highest BCUT2D eigenvalue weighted by molar-refractivity contribution is 6.09. The van der Waals surface area contributed by atoms with Crippen molar-refractivity contribution in [1.82, 2.24) is 14.7 Å². The van der Waals surface area contributed by atoms with Gasteiger partial charge in [0.05, 0.1) is 17.8 Å². The quantitative estimate of drug-likeness (QED) is 0.704. The van der Waals surface area contributed by atoms with Crippen molar-refractivity contribution in [3.8, 4) is 5.75 Å². The molecule has 27 heavy (non-hydrogen) atoms. The maximum absolute atomic E-state index is 12.9. The molecule has 0 radical (unpaired) electrons. The predicted octanol–water partition coefficient (Wildman–Crippen LogP) is 2.88. The van der Waals surface area contributed by atoms with E-state index in [1.54, 1.807) is 34.9 Å². The summed E-state index contributed by atoms with van der Waals surface area (Å²) in [5.41, 5.74) is 1.33. The molecule has 0 aliphatic heterocycles. The van der Waals surface area contributed by atoms with Gasteiger partial charge in [-0.05, 0) is 44.0 Å². The van der Waals surface area contributed by atoms with Crippen LogP contribution in [0.4, 0.5) is 5.69 Å². The van der Waals surface area contributed by atoms with E-state index in [0.717, 1.165) is 12.8 Å². The van der Waals surface area contributed by atoms with Gasteiger partial charge in [-0.15, -0.1) is 0 Å². The molecule has 2 heterocycles. The van der Waals surface area contributed by atoms with E-state index in [9.17, 15) is 9.59 Å². The molecule has 7 nitrogen and oxygen atoms in total. The summed E-state index contributed by atoms with van der Waals surface area (Å²) in [7, 11) is 0. The molecule has 7 heteroatoms. The zero-order valence-electron chi connectivity index (χ0n) is 14.9. The number of carbonyl (C=O) groups is 2. The SMILES string of the molecule is CCOc1ccccc1NC(=O)c1nc(C(=O)NC2CC2)n2ccccc12. The lowest BCUT2D eigenvalue weighted by molar-refractivity contribution is 0.0940. The maximum atomic E-state index is 12.9. The Hall–Kier alpha value is -3.35. The number of hydrogen-bond acceptors (Lipinski definition) is 4. The van der Waals surface area contributed by atoms with Gasteiger partial charge in [0.25, 0.3) is 11.8 Å². The van der Waals surface area contributed by atoms with Gasteiger partial charge in [-0.25, -0.2) is 4.98 Å². The first-order valence-electron chi connectivity index (χ1n) is 8.98. The van der Waals surface area contributed by atoms with Gasteiger partial charge in [0.1, 0.15) is 5.75 Å². The summed E-state index contributed by atoms with van der Waals surface area (Å²) in [6.07, 6.45) is 3.70. The van der Waals surface area contributed by atoms with Crippen molar-refractivity contribution >= 4 is 23.0 Å². The molecule has 0 unspecified atom stereocenters. The van der Waals surface area contributed by atoms with Crippen molar-refractivity contribution in [3.05, 3.63) is 60.2 Å². The molecule has 1 aliphatic rings. The molecule has 3 aromatic rings. The average molecular weight is 364 g/mol. The van der Waals surface area contributed by atoms with Gasteiger partial charge in [-0.1, -0.05) is 18.2 Å². The molecule has 0 saturated heterocycles. The van der Waals surface area contributed by atoms with Crippen molar-refractivity contribution < 1.29 is 14.3 Å². The highest BCUT2D eigenvalue weighted by atomic mass is 16.5. The maximum Gasteiger partial charge on any atom is 0.287 e. The number of carbonyl (C=O) groups excluding carboxylic acids is 2. The topological polar surface area (TPSA) is 84.7 Å². The second-order valence-electron chi connectivity index (χ2n) is 6.37. The Morgan fingerprint density at radius 3 is 2.70 bits per heavy atom. The van der Waals surface area contributed by atoms with Crippen LogP contribution in [0, 0.1) is 0 Å². The number of imidazole rings is 1. The molecule has 1 aliphatic carbocycles. The number of hydrogen-bond donors (Lipinski definition) is 2. The molecule has 2 aromatic heterocycles. The smallest absolute Gasteiger partial charge is 0.287 e. The number of nitrogens with one attached hydrogen (secondary N) is 2. The lowest BCUT2D eigenvalue weighted by Gasteiger charge is -2.10. The van der Waals surface area contributed by atoms with Crippen LogP contribution in [0.15, 0.2) is 48.7 Å². The van der Waals surface area contributed by atoms with Crippen LogP contribution < -0.4 is 15.4 Å². The van der Waals surface area contributed by atoms with Gasteiger partial charge < -0.3 is 15.4 Å². The van der Waals surface area contributed by atoms with Gasteiger partial charge in [0.15, 0.2) is 5.69 Å². The molecule has 0 spiro atoms. The third-order valence-electron chi connectivity index (χ3n) is 4.31. The van der Waals surface area contributed by atoms with Crippen molar-refractivity contribution in [3.63, 3.8) is 0 Å². The van der Waals surface area contributed by atoms with Crippen molar-refractivity contribution in [1.29, 1.82) is 0 Å². The average Bonchev–Trinajstić information content (AvgIpc) is 3.40. The van der Waals surface area contributed by atoms with E-state index >= 15 is 0 Å². The summed E-state index contributed by atoms with van der Waals surface area (Å²) in [6.45, 7) is 2.37. The van der Waals surface area contributed by atoms with E-state index < -0.39 is 5.91 Å². The van der Waals surface area contributed by atoms with Gasteiger partial charge in [0, 0.05) is 12.2 Å². The molecule has 2 amide bonds. The number of nitrogens with zero attached hydrogens (tertiary/aromatic N) is 2. The van der Waals surface area contributed by atoms with Crippen LogP contribution in [-0.2, 0) is 0 Å². The standard InChI is InChI=1S/C20H20N4O3/c1-2-27-16-9-4-3-7-14(16)22-19(25)17-15-8-5-6-12-24(15)18(23-17)20(26)21-13-10-11-13/h3-9,12-13H,2,10-11H2,1H3,(H,21,26)(H,22,25). The molecular formula is C20H20N4O3. The molecule has 0 bridgehead atoms. The van der Waals surface area contributed by atoms with Gasteiger partial charge in [-0.2, -0.15) is 0 Å². The monoisotopic (exact) mass is 364 g/mol. The fourth-order valence-electron chi connectivity index (χ4n) is 2.88. The minimum atomic E-state index is -0.392. The Morgan fingerprint density at radius 2 is 1.93 bits per heavy atom. The number of ether oxygens (including phenoxy) is 1. The van der Waals surface area contributed by atoms with Crippen LogP contribution in [0.2, 0.25) is 0 Å². The number of anilines is 1. The Morgan fingerprint density at radius 1 is 1.15 bits per heavy atom. The Bertz CT molecular complexity index is 1010. The zero-order chi connectivity index (χ0) is 18.8. The zero-order valence-corrected chi connectivity index (χ0v) is 14.9. The second-order valence-corrected chi connectivity index (χ2v) is 6.37. The lowest BCUT2D eigenvalue weighted by atomic mass is 10.2. The number of para-hydroxylation sites is 2. The van der Waals surface area contributed by atoms with Gasteiger partial charge >= 0.3 is 0 Å². The van der Waals surface area contributed by atoms with E-state index in [4.69, 9.17) is 4.74 Å². The van der Waals surface area contributed by atoms with Crippen LogP contribution in [-0.4, -0.2) is 33.8 Å². The number of amides is 2. The number of benzene rings is 1. The van der Waals surface area contributed by atoms with E-state index in [2.05, 4.69) is 15.6 Å². The van der Waals surface area contributed by atoms with Gasteiger partial charge in [0.2, 0.25) is 5.82 Å². The molecule has 1 fully saturated rings. The Kier molecular flexibility index (Phi) is 4.50. The molecule has 1 aromatic carbocycles. The third kappa shape index (κ3) is 3.48. The fourth-order valence-corrected chi connectivity index (χ4v) is 2.88. The minimum absolute atomic E-state index is 0.197. The fraction of sp³-hybridized carbons (Fsp3) is 0.250. The number of pyridine rings is 1. The normalized spacial score (nSPS) is 13.4. The van der Waals surface area contributed by atoms with E-state index in [1.807, 2.05) is 25.1 Å². The first-order valence-corrected chi connectivity index (χ1v) is 8.98. The van der Waals surface area contributed by atoms with Crippen LogP contribution in [0.3, 0.4) is 0 Å². The summed E-state index contributed by atoms with van der Waals surface area (Å²) in [4.78, 5) is 29.7. The van der Waals surface area contributed by atoms with Crippen molar-refractivity contribution in [2.24, 2.45) is 0 Å². The Balaban J connectivity index is 1.67. The van der Waals surface area contributed by atoms with E-state index in [-0.39, 0.29) is 23.5 Å². The second kappa shape index (κ2) is 7.11. The largest absolute Gasteiger partial charge is 0.492 e. The third-order valence-corrected chi connectivity index (χ3v) is 4.31. The van der Waals surface area contributed by atoms with Crippen LogP contribution in [0.5, 0.6) is 5.75 Å². The number of fused-ring (bicyclic) bond motifs is 1. The summed E-state index contributed by atoms with van der Waals surface area (Å²) < 4.78 is 7.19. The lowest BCUT2D eigenvalue weighted by Crippen LogP contribution is -2.27. The molecular weight excluding hydrogens is 344 g/mol. The highest BCUT2D eigenvalue weighted by Crippen LogP contribution is 2.25. The van der Waals surface area contributed by atoms with Crippen LogP contribution >= 0.6 is 0 Å². The molecule has 0 atom stereocenters. The summed E-state index contributed by atoms with van der Waals surface area (Å²) in [5, 5.41) is 5.75. The number of rotatable bonds is 6. The summed E-state index contributed by atoms with van der Waals surface area (Å²) in [5.74, 6) is 0.132. The number of aromatic nitrogens is 2. The van der Waals surface area contributed by atoms with Crippen molar-refractivity contribution in [2.75, 3.05) is 11.9 Å². The van der Waals surface area contributed by atoms with Crippen molar-refractivity contribution in [2.45, 2.75) is 25.8 Å². The van der Waals surface area contributed by atoms with E-state index in [1.165, 1.54) is 0 Å². The molecule has 1 saturated carbocycles. The first-order chi connectivity index (χ1) is 13.2. The molecule has 138 valence electrons. The predicted molar refractivity (Wildman–Crippen MR) is 101 cm³/mol. The van der Waals surface area contributed by atoms with E-state index in [0.29, 0.717) is 23.6 Å². The van der Waals surface area contributed by atoms with Gasteiger partial charge in [-0.3, -0.25) is 14.0 Å².